The number of nitrogens with one attached hydrogen (secondary N) is 1. The Bertz CT molecular complexity index is 1130. The first kappa shape index (κ1) is 24.2. The molecule has 0 spiro atoms. The minimum absolute atomic E-state index is 0.0411. The van der Waals surface area contributed by atoms with Crippen molar-refractivity contribution in [2.75, 3.05) is 31.6 Å². The zero-order chi connectivity index (χ0) is 24.1. The number of nitrogens with zero attached hydrogens (tertiary/aromatic N) is 2. The predicted molar refractivity (Wildman–Crippen MR) is 129 cm³/mol. The Morgan fingerprint density at radius 1 is 1.03 bits per heavy atom. The summed E-state index contributed by atoms with van der Waals surface area (Å²) in [6.07, 6.45) is 3.71. The lowest BCUT2D eigenvalue weighted by Gasteiger charge is -2.34. The Morgan fingerprint density at radius 2 is 1.74 bits per heavy atom. The Labute approximate surface area is 200 Å². The number of ether oxygens (including phenoxy) is 1. The van der Waals surface area contributed by atoms with Gasteiger partial charge >= 0.3 is 0 Å². The van der Waals surface area contributed by atoms with Gasteiger partial charge in [0.15, 0.2) is 0 Å². The molecule has 2 fully saturated rings. The molecule has 2 saturated heterocycles. The Balaban J connectivity index is 1.66. The van der Waals surface area contributed by atoms with Crippen molar-refractivity contribution in [2.45, 2.75) is 50.0 Å². The van der Waals surface area contributed by atoms with E-state index in [4.69, 9.17) is 4.74 Å². The molecule has 182 valence electrons. The summed E-state index contributed by atoms with van der Waals surface area (Å²) in [6, 6.07) is 13.1. The van der Waals surface area contributed by atoms with E-state index in [0.717, 1.165) is 25.7 Å². The molecule has 2 heterocycles. The van der Waals surface area contributed by atoms with E-state index in [9.17, 15) is 18.0 Å². The molecular weight excluding hydrogens is 454 g/mol. The highest BCUT2D eigenvalue weighted by molar-refractivity contribution is 7.89. The maximum Gasteiger partial charge on any atom is 0.251 e. The normalized spacial score (nSPS) is 18.0. The number of hydrogen-bond acceptors (Lipinski definition) is 5. The lowest BCUT2D eigenvalue weighted by atomic mass is 10.0. The fraction of sp³-hybridized carbons (Fsp3) is 0.440. The van der Waals surface area contributed by atoms with Crippen LogP contribution in [0.5, 0.6) is 5.75 Å². The number of benzene rings is 2. The molecule has 34 heavy (non-hydrogen) atoms. The average Bonchev–Trinajstić information content (AvgIpc) is 3.38. The monoisotopic (exact) mass is 485 g/mol. The van der Waals surface area contributed by atoms with Crippen LogP contribution in [0, 0.1) is 0 Å². The highest BCUT2D eigenvalue weighted by Crippen LogP contribution is 2.33. The van der Waals surface area contributed by atoms with E-state index in [1.807, 2.05) is 30.3 Å². The van der Waals surface area contributed by atoms with Gasteiger partial charge in [-0.3, -0.25) is 9.59 Å². The van der Waals surface area contributed by atoms with E-state index >= 15 is 0 Å². The van der Waals surface area contributed by atoms with Gasteiger partial charge in [0.25, 0.3) is 5.91 Å². The molecule has 2 aromatic rings. The fourth-order valence-electron chi connectivity index (χ4n) is 4.55. The highest BCUT2D eigenvalue weighted by Gasteiger charge is 2.34. The van der Waals surface area contributed by atoms with Crippen LogP contribution in [0.1, 0.15) is 50.6 Å². The average molecular weight is 486 g/mol. The zero-order valence-electron chi connectivity index (χ0n) is 19.4. The Hall–Kier alpha value is -2.91. The van der Waals surface area contributed by atoms with Crippen molar-refractivity contribution in [3.8, 4) is 5.75 Å². The number of rotatable bonds is 8. The van der Waals surface area contributed by atoms with Crippen LogP contribution in [0.2, 0.25) is 0 Å². The van der Waals surface area contributed by atoms with E-state index in [-0.39, 0.29) is 22.5 Å². The standard InChI is InChI=1S/C25H31N3O5S/c1-2-33-21-14-13-20(18-22(21)34(31,32)27-15-8-9-16-27)26-25(30)24(19-10-4-3-5-11-19)28-17-7-6-12-23(28)29/h3-5,10-11,13-14,18,24H,2,6-9,12,15-17H2,1H3,(H,26,30). The van der Waals surface area contributed by atoms with Crippen molar-refractivity contribution in [3.63, 3.8) is 0 Å². The third kappa shape index (κ3) is 5.10. The van der Waals surface area contributed by atoms with Crippen LogP contribution in [0.3, 0.4) is 0 Å². The summed E-state index contributed by atoms with van der Waals surface area (Å²) in [5.74, 6) is -0.174. The fourth-order valence-corrected chi connectivity index (χ4v) is 6.22. The first-order valence-electron chi connectivity index (χ1n) is 11.8. The minimum atomic E-state index is -3.76. The molecule has 1 atom stereocenters. The van der Waals surface area contributed by atoms with Crippen molar-refractivity contribution >= 4 is 27.5 Å². The second-order valence-corrected chi connectivity index (χ2v) is 10.5. The quantitative estimate of drug-likeness (QED) is 0.617. The highest BCUT2D eigenvalue weighted by atomic mass is 32.2. The summed E-state index contributed by atoms with van der Waals surface area (Å²) in [7, 11) is -3.76. The van der Waals surface area contributed by atoms with Crippen LogP contribution in [0.15, 0.2) is 53.4 Å². The number of sulfonamides is 1. The molecule has 4 rings (SSSR count). The van der Waals surface area contributed by atoms with Gasteiger partial charge in [-0.25, -0.2) is 8.42 Å². The smallest absolute Gasteiger partial charge is 0.251 e. The molecule has 0 saturated carbocycles. The maximum atomic E-state index is 13.5. The van der Waals surface area contributed by atoms with Crippen LogP contribution in [-0.4, -0.2) is 55.7 Å². The number of amides is 2. The second kappa shape index (κ2) is 10.6. The molecular formula is C25H31N3O5S. The van der Waals surface area contributed by atoms with Crippen LogP contribution < -0.4 is 10.1 Å². The lowest BCUT2D eigenvalue weighted by molar-refractivity contribution is -0.141. The van der Waals surface area contributed by atoms with Gasteiger partial charge in [-0.05, 0) is 56.4 Å². The third-order valence-electron chi connectivity index (χ3n) is 6.23. The number of hydrogen-bond donors (Lipinski definition) is 1. The second-order valence-electron chi connectivity index (χ2n) is 8.55. The van der Waals surface area contributed by atoms with Crippen molar-refractivity contribution in [1.82, 2.24) is 9.21 Å². The van der Waals surface area contributed by atoms with E-state index in [2.05, 4.69) is 5.32 Å². The van der Waals surface area contributed by atoms with Gasteiger partial charge in [0, 0.05) is 31.7 Å². The molecule has 0 bridgehead atoms. The van der Waals surface area contributed by atoms with Gasteiger partial charge in [-0.15, -0.1) is 0 Å². The summed E-state index contributed by atoms with van der Waals surface area (Å²) < 4.78 is 33.6. The molecule has 2 amide bonds. The largest absolute Gasteiger partial charge is 0.492 e. The number of anilines is 1. The summed E-state index contributed by atoms with van der Waals surface area (Å²) in [5.41, 5.74) is 1.06. The van der Waals surface area contributed by atoms with Crippen LogP contribution >= 0.6 is 0 Å². The molecule has 8 nitrogen and oxygen atoms in total. The van der Waals surface area contributed by atoms with E-state index in [0.29, 0.717) is 43.9 Å². The summed E-state index contributed by atoms with van der Waals surface area (Å²) in [4.78, 5) is 27.8. The lowest BCUT2D eigenvalue weighted by Crippen LogP contribution is -2.43. The van der Waals surface area contributed by atoms with Crippen molar-refractivity contribution in [1.29, 1.82) is 0 Å². The van der Waals surface area contributed by atoms with Gasteiger partial charge in [0.05, 0.1) is 6.61 Å². The van der Waals surface area contributed by atoms with E-state index in [1.54, 1.807) is 24.0 Å². The number of piperidine rings is 1. The van der Waals surface area contributed by atoms with E-state index < -0.39 is 16.1 Å². The minimum Gasteiger partial charge on any atom is -0.492 e. The van der Waals surface area contributed by atoms with Gasteiger partial charge in [-0.2, -0.15) is 4.31 Å². The summed E-state index contributed by atoms with van der Waals surface area (Å²) in [5, 5.41) is 2.86. The third-order valence-corrected chi connectivity index (χ3v) is 8.15. The Kier molecular flexibility index (Phi) is 7.53. The Morgan fingerprint density at radius 3 is 2.41 bits per heavy atom. The van der Waals surface area contributed by atoms with Gasteiger partial charge < -0.3 is 15.0 Å². The topological polar surface area (TPSA) is 96.0 Å². The van der Waals surface area contributed by atoms with Crippen molar-refractivity contribution in [3.05, 3.63) is 54.1 Å². The zero-order valence-corrected chi connectivity index (χ0v) is 20.2. The van der Waals surface area contributed by atoms with Crippen molar-refractivity contribution in [2.24, 2.45) is 0 Å². The molecule has 1 N–H and O–H groups in total. The van der Waals surface area contributed by atoms with Crippen LogP contribution in [0.4, 0.5) is 5.69 Å². The number of likely N-dealkylation sites (tertiary alicyclic amines) is 1. The molecule has 2 aromatic carbocycles. The van der Waals surface area contributed by atoms with Crippen molar-refractivity contribution < 1.29 is 22.7 Å². The summed E-state index contributed by atoms with van der Waals surface area (Å²) in [6.45, 7) is 3.56. The SMILES string of the molecule is CCOc1ccc(NC(=O)C(c2ccccc2)N2CCCCC2=O)cc1S(=O)(=O)N1CCCC1. The van der Waals surface area contributed by atoms with Gasteiger partial charge in [-0.1, -0.05) is 30.3 Å². The van der Waals surface area contributed by atoms with Gasteiger partial charge in [0.1, 0.15) is 16.7 Å². The first-order valence-corrected chi connectivity index (χ1v) is 13.3. The van der Waals surface area contributed by atoms with Crippen LogP contribution in [0.25, 0.3) is 0 Å². The van der Waals surface area contributed by atoms with Gasteiger partial charge in [0.2, 0.25) is 15.9 Å². The summed E-state index contributed by atoms with van der Waals surface area (Å²) >= 11 is 0. The maximum absolute atomic E-state index is 13.5. The molecule has 0 radical (unpaired) electrons. The van der Waals surface area contributed by atoms with Crippen LogP contribution in [-0.2, 0) is 19.6 Å². The number of carbonyl (C=O) groups is 2. The van der Waals surface area contributed by atoms with E-state index in [1.165, 1.54) is 10.4 Å². The molecule has 0 aromatic heterocycles. The molecule has 0 aliphatic carbocycles. The predicted octanol–water partition coefficient (Wildman–Crippen LogP) is 3.56. The molecule has 2 aliphatic heterocycles. The first-order chi connectivity index (χ1) is 16.4. The number of carbonyl (C=O) groups excluding carboxylic acids is 2. The molecule has 2 aliphatic rings. The molecule has 9 heteroatoms. The molecule has 1 unspecified atom stereocenters.